The van der Waals surface area contributed by atoms with Crippen LogP contribution in [0.2, 0.25) is 0 Å². The maximum Gasteiger partial charge on any atom is 0.273 e. The van der Waals surface area contributed by atoms with Gasteiger partial charge in [0.05, 0.1) is 0 Å². The van der Waals surface area contributed by atoms with E-state index in [0.717, 1.165) is 23.8 Å². The highest BCUT2D eigenvalue weighted by Crippen LogP contribution is 2.50. The molecule has 0 unspecified atom stereocenters. The Morgan fingerprint density at radius 2 is 2.06 bits per heavy atom. The van der Waals surface area contributed by atoms with Crippen LogP contribution < -0.4 is 0 Å². The second kappa shape index (κ2) is 9.91. The molecule has 0 fully saturated rings. The van der Waals surface area contributed by atoms with E-state index >= 15 is 0 Å². The van der Waals surface area contributed by atoms with E-state index in [1.165, 1.54) is 23.9 Å². The number of halogens is 2. The summed E-state index contributed by atoms with van der Waals surface area (Å²) in [6.07, 6.45) is 0.0134. The summed E-state index contributed by atoms with van der Waals surface area (Å²) >= 11 is 1.17. The molecule has 162 valence electrons. The number of rotatable bonds is 8. The summed E-state index contributed by atoms with van der Waals surface area (Å²) in [5.74, 6) is -1.67. The van der Waals surface area contributed by atoms with E-state index in [4.69, 9.17) is 10.3 Å². The van der Waals surface area contributed by atoms with Crippen molar-refractivity contribution in [1.82, 2.24) is 5.01 Å². The number of carbonyl (C=O) groups is 1. The quantitative estimate of drug-likeness (QED) is 0.243. The molecule has 1 amide bonds. The van der Waals surface area contributed by atoms with Gasteiger partial charge in [-0.1, -0.05) is 47.2 Å². The zero-order chi connectivity index (χ0) is 22.4. The number of amides is 1. The smallest absolute Gasteiger partial charge is 0.273 e. The number of ether oxygens (including phenoxy) is 1. The Balaban J connectivity index is 2.13. The third kappa shape index (κ3) is 4.71. The Hall–Kier alpha value is -2.94. The fraction of sp³-hybridized carbons (Fsp3) is 0.333. The van der Waals surface area contributed by atoms with Gasteiger partial charge in [-0.05, 0) is 49.1 Å². The van der Waals surface area contributed by atoms with Crippen molar-refractivity contribution in [2.75, 3.05) is 13.7 Å². The Kier molecular flexibility index (Phi) is 7.27. The van der Waals surface area contributed by atoms with Gasteiger partial charge in [-0.15, -0.1) is 0 Å². The summed E-state index contributed by atoms with van der Waals surface area (Å²) in [7, 11) is 1.41. The van der Waals surface area contributed by atoms with Crippen LogP contribution in [0.25, 0.3) is 10.4 Å². The molecule has 0 aromatic heterocycles. The van der Waals surface area contributed by atoms with Crippen molar-refractivity contribution in [2.45, 2.75) is 30.7 Å². The Morgan fingerprint density at radius 1 is 1.32 bits per heavy atom. The highest BCUT2D eigenvalue weighted by Gasteiger charge is 2.49. The number of hydrogen-bond acceptors (Lipinski definition) is 5. The number of thioether (sulfide) groups is 1. The van der Waals surface area contributed by atoms with Crippen LogP contribution in [0.1, 0.15) is 30.9 Å². The van der Waals surface area contributed by atoms with Gasteiger partial charge in [0.2, 0.25) is 0 Å². The lowest BCUT2D eigenvalue weighted by Crippen LogP contribution is -2.45. The van der Waals surface area contributed by atoms with Crippen LogP contribution in [0.4, 0.5) is 8.78 Å². The van der Waals surface area contributed by atoms with Crippen molar-refractivity contribution in [2.24, 2.45) is 10.2 Å². The molecule has 0 spiro atoms. The van der Waals surface area contributed by atoms with Gasteiger partial charge >= 0.3 is 0 Å². The molecule has 31 heavy (non-hydrogen) atoms. The molecule has 7 nitrogen and oxygen atoms in total. The first kappa shape index (κ1) is 22.7. The molecular formula is C21H21F2N5O2S. The van der Waals surface area contributed by atoms with Crippen LogP contribution in [-0.4, -0.2) is 35.7 Å². The van der Waals surface area contributed by atoms with Crippen molar-refractivity contribution < 1.29 is 18.3 Å². The first-order chi connectivity index (χ1) is 14.9. The van der Waals surface area contributed by atoms with Crippen LogP contribution >= 0.6 is 11.8 Å². The summed E-state index contributed by atoms with van der Waals surface area (Å²) < 4.78 is 33.6. The normalized spacial score (nSPS) is 19.0. The maximum atomic E-state index is 14.5. The van der Waals surface area contributed by atoms with E-state index in [2.05, 4.69) is 15.1 Å². The molecule has 2 aromatic rings. The zero-order valence-corrected chi connectivity index (χ0v) is 17.9. The highest BCUT2D eigenvalue weighted by molar-refractivity contribution is 8.15. The maximum absolute atomic E-state index is 14.5. The predicted octanol–water partition coefficient (Wildman–Crippen LogP) is 5.18. The fourth-order valence-electron chi connectivity index (χ4n) is 3.28. The molecule has 2 atom stereocenters. The van der Waals surface area contributed by atoms with Crippen molar-refractivity contribution in [3.05, 3.63) is 81.7 Å². The predicted molar refractivity (Wildman–Crippen MR) is 115 cm³/mol. The van der Waals surface area contributed by atoms with Crippen molar-refractivity contribution >= 4 is 22.7 Å². The molecule has 0 aliphatic carbocycles. The van der Waals surface area contributed by atoms with E-state index in [-0.39, 0.29) is 17.2 Å². The Labute approximate surface area is 182 Å². The molecule has 1 aliphatic rings. The lowest BCUT2D eigenvalue weighted by Gasteiger charge is -2.36. The number of azide groups is 1. The summed E-state index contributed by atoms with van der Waals surface area (Å²) in [4.78, 5) is 14.9. The van der Waals surface area contributed by atoms with Crippen molar-refractivity contribution in [1.29, 1.82) is 0 Å². The second-order valence-corrected chi connectivity index (χ2v) is 8.13. The highest BCUT2D eigenvalue weighted by atomic mass is 32.2. The number of hydrogen-bond donors (Lipinski definition) is 0. The molecule has 0 saturated carbocycles. The standard InChI is InChI=1S/C21H21F2N5O2S/c1-14(30-2)20(29)28-21(11-6-12-25-27-24,15-7-4-3-5-8-15)31-19(26-28)17-13-16(22)9-10-18(17)23/h3-5,7-10,13-14H,6,11-12H2,1-2H3/t14-,21-/m0/s1. The number of carbonyl (C=O) groups excluding carboxylic acids is 1. The van der Waals surface area contributed by atoms with Gasteiger partial charge in [-0.2, -0.15) is 5.10 Å². The Bertz CT molecular complexity index is 1030. The van der Waals surface area contributed by atoms with Crippen LogP contribution in [0.3, 0.4) is 0 Å². The van der Waals surface area contributed by atoms with Crippen LogP contribution in [0.5, 0.6) is 0 Å². The summed E-state index contributed by atoms with van der Waals surface area (Å²) in [6, 6.07) is 12.3. The first-order valence-electron chi connectivity index (χ1n) is 9.59. The molecule has 1 aliphatic heterocycles. The number of methoxy groups -OCH3 is 1. The molecule has 10 heteroatoms. The summed E-state index contributed by atoms with van der Waals surface area (Å²) in [5.41, 5.74) is 9.33. The molecule has 3 rings (SSSR count). The third-order valence-corrected chi connectivity index (χ3v) is 6.37. The molecule has 0 saturated heterocycles. The monoisotopic (exact) mass is 445 g/mol. The topological polar surface area (TPSA) is 90.7 Å². The van der Waals surface area contributed by atoms with E-state index in [0.29, 0.717) is 12.8 Å². The second-order valence-electron chi connectivity index (χ2n) is 6.87. The first-order valence-corrected chi connectivity index (χ1v) is 10.4. The molecule has 0 radical (unpaired) electrons. The molecule has 2 aromatic carbocycles. The number of nitrogens with zero attached hydrogens (tertiary/aromatic N) is 5. The fourth-order valence-corrected chi connectivity index (χ4v) is 4.71. The third-order valence-electron chi connectivity index (χ3n) is 4.93. The minimum Gasteiger partial charge on any atom is -0.372 e. The van der Waals surface area contributed by atoms with E-state index < -0.39 is 28.5 Å². The average Bonchev–Trinajstić information content (AvgIpc) is 3.18. The average molecular weight is 445 g/mol. The van der Waals surface area contributed by atoms with Crippen LogP contribution in [0.15, 0.2) is 58.7 Å². The van der Waals surface area contributed by atoms with Gasteiger partial charge < -0.3 is 4.74 Å². The van der Waals surface area contributed by atoms with Gasteiger partial charge in [-0.25, -0.2) is 13.8 Å². The largest absolute Gasteiger partial charge is 0.372 e. The molecule has 0 bridgehead atoms. The Morgan fingerprint density at radius 3 is 2.74 bits per heavy atom. The van der Waals surface area contributed by atoms with E-state index in [1.807, 2.05) is 30.3 Å². The van der Waals surface area contributed by atoms with Crippen molar-refractivity contribution in [3.63, 3.8) is 0 Å². The van der Waals surface area contributed by atoms with Crippen molar-refractivity contribution in [3.8, 4) is 0 Å². The minimum atomic E-state index is -1.04. The van der Waals surface area contributed by atoms with Crippen LogP contribution in [-0.2, 0) is 14.4 Å². The lowest BCUT2D eigenvalue weighted by atomic mass is 10.00. The molecule has 0 N–H and O–H groups in total. The van der Waals surface area contributed by atoms with Gasteiger partial charge in [-0.3, -0.25) is 4.79 Å². The molecular weight excluding hydrogens is 424 g/mol. The number of benzene rings is 2. The van der Waals surface area contributed by atoms with Gasteiger partial charge in [0.25, 0.3) is 5.91 Å². The van der Waals surface area contributed by atoms with E-state index in [1.54, 1.807) is 6.92 Å². The number of hydrazone groups is 1. The SMILES string of the molecule is CO[C@@H](C)C(=O)N1N=C(c2cc(F)ccc2F)S[C@@]1(CCCN=[N+]=[N-])c1ccccc1. The van der Waals surface area contributed by atoms with E-state index in [9.17, 15) is 13.6 Å². The molecule has 1 heterocycles. The van der Waals surface area contributed by atoms with Gasteiger partial charge in [0.1, 0.15) is 27.7 Å². The van der Waals surface area contributed by atoms with Gasteiger partial charge in [0.15, 0.2) is 0 Å². The van der Waals surface area contributed by atoms with Gasteiger partial charge in [0, 0.05) is 24.1 Å². The lowest BCUT2D eigenvalue weighted by molar-refractivity contribution is -0.144. The summed E-state index contributed by atoms with van der Waals surface area (Å²) in [6.45, 7) is 1.82. The minimum absolute atomic E-state index is 0.0271. The summed E-state index contributed by atoms with van der Waals surface area (Å²) in [5, 5.41) is 9.48. The van der Waals surface area contributed by atoms with Crippen LogP contribution in [0, 0.1) is 11.6 Å². The zero-order valence-electron chi connectivity index (χ0n) is 17.0.